The van der Waals surface area contributed by atoms with Crippen LogP contribution in [0.2, 0.25) is 0 Å². The predicted molar refractivity (Wildman–Crippen MR) is 129 cm³/mol. The quantitative estimate of drug-likeness (QED) is 0.473. The highest BCUT2D eigenvalue weighted by Crippen LogP contribution is 2.35. The first-order chi connectivity index (χ1) is 14.9. The summed E-state index contributed by atoms with van der Waals surface area (Å²) in [4.78, 5) is 0. The molecule has 30 heavy (non-hydrogen) atoms. The fourth-order valence-electron chi connectivity index (χ4n) is 3.59. The third-order valence-corrected chi connectivity index (χ3v) is 7.12. The minimum Gasteiger partial charge on any atom is -0.348 e. The van der Waals surface area contributed by atoms with Crippen LogP contribution >= 0.6 is 8.15 Å². The van der Waals surface area contributed by atoms with Gasteiger partial charge in [-0.15, -0.1) is 0 Å². The molecule has 0 spiro atoms. The molecule has 0 saturated carbocycles. The molecule has 0 unspecified atom stereocenters. The predicted octanol–water partition coefficient (Wildman–Crippen LogP) is 4.99. The van der Waals surface area contributed by atoms with Gasteiger partial charge in [0.05, 0.1) is 14.8 Å². The van der Waals surface area contributed by atoms with Crippen molar-refractivity contribution in [3.05, 3.63) is 121 Å². The molecular weight excluding hydrogens is 385 g/mol. The number of benzene rings is 3. The van der Waals surface area contributed by atoms with Gasteiger partial charge in [-0.1, -0.05) is 115 Å². The van der Waals surface area contributed by atoms with Crippen LogP contribution in [-0.4, -0.2) is 19.2 Å². The van der Waals surface area contributed by atoms with Crippen molar-refractivity contribution in [2.45, 2.75) is 12.5 Å². The van der Waals surface area contributed by atoms with E-state index in [1.165, 1.54) is 16.2 Å². The molecule has 0 radical (unpaired) electrons. The van der Waals surface area contributed by atoms with E-state index in [0.717, 1.165) is 13.0 Å². The Kier molecular flexibility index (Phi) is 7.63. The van der Waals surface area contributed by atoms with Gasteiger partial charge >= 0.3 is 0 Å². The van der Waals surface area contributed by atoms with Crippen LogP contribution in [-0.2, 0) is 10.9 Å². The minimum atomic E-state index is -0.847. The summed E-state index contributed by atoms with van der Waals surface area (Å²) in [6.07, 6.45) is 9.69. The monoisotopic (exact) mass is 413 g/mol. The van der Waals surface area contributed by atoms with Gasteiger partial charge in [-0.05, 0) is 12.0 Å². The minimum absolute atomic E-state index is 0.257. The van der Waals surface area contributed by atoms with Crippen molar-refractivity contribution in [3.63, 3.8) is 0 Å². The highest BCUT2D eigenvalue weighted by Gasteiger charge is 2.19. The topological polar surface area (TPSA) is 21.3 Å². The summed E-state index contributed by atoms with van der Waals surface area (Å²) in [5, 5.41) is 6.25. The van der Waals surface area contributed by atoms with Crippen molar-refractivity contribution >= 4 is 18.8 Å². The molecule has 0 amide bonds. The number of nitrogens with one attached hydrogen (secondary N) is 1. The average Bonchev–Trinajstić information content (AvgIpc) is 3.33. The maximum atomic E-state index is 6.63. The first-order valence-corrected chi connectivity index (χ1v) is 11.8. The Morgan fingerprint density at radius 2 is 1.27 bits per heavy atom. The molecule has 1 atom stereocenters. The second kappa shape index (κ2) is 11.0. The smallest absolute Gasteiger partial charge is 0.0918 e. The summed E-state index contributed by atoms with van der Waals surface area (Å²) in [5.74, 6) is 0.466. The van der Waals surface area contributed by atoms with Crippen LogP contribution in [0, 0.1) is 5.92 Å². The van der Waals surface area contributed by atoms with Crippen LogP contribution in [0.3, 0.4) is 0 Å². The van der Waals surface area contributed by atoms with E-state index in [9.17, 15) is 0 Å². The van der Waals surface area contributed by atoms with Crippen LogP contribution in [0.4, 0.5) is 0 Å². The lowest BCUT2D eigenvalue weighted by atomic mass is 10.1. The van der Waals surface area contributed by atoms with Gasteiger partial charge in [0.25, 0.3) is 0 Å². The van der Waals surface area contributed by atoms with E-state index in [-0.39, 0.29) is 6.04 Å². The fourth-order valence-corrected chi connectivity index (χ4v) is 5.41. The zero-order chi connectivity index (χ0) is 20.4. The molecule has 0 aliphatic heterocycles. The van der Waals surface area contributed by atoms with Gasteiger partial charge in [0.15, 0.2) is 0 Å². The van der Waals surface area contributed by atoms with Gasteiger partial charge in [-0.25, -0.2) is 0 Å². The Morgan fingerprint density at radius 3 is 1.83 bits per heavy atom. The highest BCUT2D eigenvalue weighted by atomic mass is 31.1. The molecule has 3 aromatic rings. The van der Waals surface area contributed by atoms with Crippen LogP contribution < -0.4 is 15.9 Å². The van der Waals surface area contributed by atoms with E-state index in [1.807, 2.05) is 0 Å². The maximum absolute atomic E-state index is 6.63. The number of hydrogen-bond donors (Lipinski definition) is 1. The summed E-state index contributed by atoms with van der Waals surface area (Å²) >= 11 is 0. The molecule has 0 heterocycles. The molecule has 1 aliphatic carbocycles. The largest absolute Gasteiger partial charge is 0.348 e. The number of allylic oxidation sites excluding steroid dienone is 2. The summed E-state index contributed by atoms with van der Waals surface area (Å²) in [6, 6.07) is 32.1. The molecule has 3 heteroatoms. The zero-order valence-electron chi connectivity index (χ0n) is 17.1. The lowest BCUT2D eigenvalue weighted by Gasteiger charge is -2.24. The first kappa shape index (κ1) is 20.8. The lowest BCUT2D eigenvalue weighted by molar-refractivity contribution is 0.290. The van der Waals surface area contributed by atoms with E-state index in [1.54, 1.807) is 0 Å². The molecule has 1 N–H and O–H groups in total. The van der Waals surface area contributed by atoms with Crippen molar-refractivity contribution < 1.29 is 4.52 Å². The Hall–Kier alpha value is -2.51. The molecule has 4 rings (SSSR count). The molecule has 0 bridgehead atoms. The van der Waals surface area contributed by atoms with Crippen molar-refractivity contribution in [1.82, 2.24) is 5.32 Å². The SMILES string of the molecule is C1=CC(CN[C@H](COP(c2ccccc2)c2ccccc2)Cc2ccccc2)C=C1. The summed E-state index contributed by atoms with van der Waals surface area (Å²) in [6.45, 7) is 1.60. The van der Waals surface area contributed by atoms with Crippen LogP contribution in [0.25, 0.3) is 0 Å². The molecule has 0 aromatic heterocycles. The van der Waals surface area contributed by atoms with Gasteiger partial charge < -0.3 is 9.84 Å². The fraction of sp³-hybridized carbons (Fsp3) is 0.185. The summed E-state index contributed by atoms with van der Waals surface area (Å²) < 4.78 is 6.63. The van der Waals surface area contributed by atoms with Crippen molar-refractivity contribution in [2.75, 3.05) is 13.2 Å². The molecule has 3 aromatic carbocycles. The van der Waals surface area contributed by atoms with Crippen molar-refractivity contribution in [3.8, 4) is 0 Å². The van der Waals surface area contributed by atoms with Gasteiger partial charge in [-0.3, -0.25) is 0 Å². The van der Waals surface area contributed by atoms with Crippen LogP contribution in [0.1, 0.15) is 5.56 Å². The molecule has 152 valence electrons. The van der Waals surface area contributed by atoms with E-state index in [4.69, 9.17) is 4.52 Å². The molecular formula is C27H28NOP. The summed E-state index contributed by atoms with van der Waals surface area (Å²) in [7, 11) is -0.847. The maximum Gasteiger partial charge on any atom is 0.0918 e. The van der Waals surface area contributed by atoms with Gasteiger partial charge in [0.2, 0.25) is 0 Å². The molecule has 0 saturated heterocycles. The van der Waals surface area contributed by atoms with E-state index in [2.05, 4.69) is 121 Å². The first-order valence-electron chi connectivity index (χ1n) is 10.5. The van der Waals surface area contributed by atoms with Crippen LogP contribution in [0.15, 0.2) is 115 Å². The number of hydrogen-bond acceptors (Lipinski definition) is 2. The standard InChI is InChI=1S/C27H28NOP/c1-4-12-23(13-5-1)20-25(28-21-24-14-10-11-15-24)22-29-30(26-16-6-2-7-17-26)27-18-8-3-9-19-27/h1-19,24-25,28H,20-22H2/t25-/m0/s1. The Balaban J connectivity index is 1.48. The summed E-state index contributed by atoms with van der Waals surface area (Å²) in [5.41, 5.74) is 1.33. The lowest BCUT2D eigenvalue weighted by Crippen LogP contribution is -2.38. The average molecular weight is 414 g/mol. The zero-order valence-corrected chi connectivity index (χ0v) is 18.0. The van der Waals surface area contributed by atoms with Gasteiger partial charge in [-0.2, -0.15) is 0 Å². The Labute approximate surface area is 181 Å². The van der Waals surface area contributed by atoms with Crippen LogP contribution in [0.5, 0.6) is 0 Å². The van der Waals surface area contributed by atoms with Gasteiger partial charge in [0, 0.05) is 29.1 Å². The Morgan fingerprint density at radius 1 is 0.733 bits per heavy atom. The van der Waals surface area contributed by atoms with Gasteiger partial charge in [0.1, 0.15) is 0 Å². The van der Waals surface area contributed by atoms with Crippen molar-refractivity contribution in [1.29, 1.82) is 0 Å². The molecule has 2 nitrogen and oxygen atoms in total. The number of rotatable bonds is 10. The third-order valence-electron chi connectivity index (χ3n) is 5.18. The van der Waals surface area contributed by atoms with Crippen molar-refractivity contribution in [2.24, 2.45) is 5.92 Å². The molecule has 1 aliphatic rings. The van der Waals surface area contributed by atoms with E-state index in [0.29, 0.717) is 12.5 Å². The second-order valence-electron chi connectivity index (χ2n) is 7.49. The normalized spacial score (nSPS) is 14.4. The van der Waals surface area contributed by atoms with E-state index >= 15 is 0 Å². The second-order valence-corrected chi connectivity index (χ2v) is 9.37. The van der Waals surface area contributed by atoms with E-state index < -0.39 is 8.15 Å². The third kappa shape index (κ3) is 6.00. The molecule has 0 fully saturated rings. The highest BCUT2D eigenvalue weighted by molar-refractivity contribution is 7.68. The Bertz CT molecular complexity index is 889.